The summed E-state index contributed by atoms with van der Waals surface area (Å²) < 4.78 is 3.43. The minimum Gasteiger partial charge on any atom is -0.280 e. The van der Waals surface area contributed by atoms with Crippen molar-refractivity contribution in [3.8, 4) is 5.69 Å². The Labute approximate surface area is 132 Å². The van der Waals surface area contributed by atoms with E-state index in [-0.39, 0.29) is 5.56 Å². The lowest BCUT2D eigenvalue weighted by Crippen LogP contribution is -2.20. The van der Waals surface area contributed by atoms with Crippen molar-refractivity contribution in [3.63, 3.8) is 0 Å². The van der Waals surface area contributed by atoms with Gasteiger partial charge in [-0.05, 0) is 32.6 Å². The summed E-state index contributed by atoms with van der Waals surface area (Å²) in [6.07, 6.45) is 5.36. The number of pyridine rings is 1. The molecule has 3 aromatic rings. The molecular weight excluding hydrogens is 298 g/mol. The van der Waals surface area contributed by atoms with Gasteiger partial charge in [0.05, 0.1) is 28.0 Å². The second kappa shape index (κ2) is 5.24. The Morgan fingerprint density at radius 3 is 2.55 bits per heavy atom. The van der Waals surface area contributed by atoms with E-state index in [1.165, 1.54) is 11.8 Å². The summed E-state index contributed by atoms with van der Waals surface area (Å²) >= 11 is 1.46. The number of rotatable bonds is 2. The Morgan fingerprint density at radius 1 is 1.23 bits per heavy atom. The molecular formula is C15H17N5OS. The van der Waals surface area contributed by atoms with Gasteiger partial charge < -0.3 is 0 Å². The molecule has 3 rings (SSSR count). The molecule has 7 heteroatoms. The van der Waals surface area contributed by atoms with E-state index in [1.54, 1.807) is 15.4 Å². The van der Waals surface area contributed by atoms with Crippen molar-refractivity contribution in [2.24, 2.45) is 7.05 Å². The van der Waals surface area contributed by atoms with Gasteiger partial charge in [-0.1, -0.05) is 11.8 Å². The summed E-state index contributed by atoms with van der Waals surface area (Å²) in [5.41, 5.74) is 4.12. The van der Waals surface area contributed by atoms with E-state index in [9.17, 15) is 4.79 Å². The van der Waals surface area contributed by atoms with Crippen molar-refractivity contribution < 1.29 is 0 Å². The molecule has 0 saturated heterocycles. The number of nitrogens with zero attached hydrogens (tertiary/aromatic N) is 5. The van der Waals surface area contributed by atoms with Crippen LogP contribution in [0.25, 0.3) is 16.6 Å². The van der Waals surface area contributed by atoms with Gasteiger partial charge in [-0.15, -0.1) is 0 Å². The molecule has 22 heavy (non-hydrogen) atoms. The van der Waals surface area contributed by atoms with Gasteiger partial charge in [0, 0.05) is 19.4 Å². The van der Waals surface area contributed by atoms with Crippen LogP contribution in [0.1, 0.15) is 17.0 Å². The molecule has 0 fully saturated rings. The van der Waals surface area contributed by atoms with Gasteiger partial charge in [0.25, 0.3) is 5.56 Å². The number of aromatic nitrogens is 5. The lowest BCUT2D eigenvalue weighted by Gasteiger charge is -2.10. The monoisotopic (exact) mass is 315 g/mol. The zero-order valence-electron chi connectivity index (χ0n) is 13.2. The van der Waals surface area contributed by atoms with Crippen molar-refractivity contribution >= 4 is 22.7 Å². The highest BCUT2D eigenvalue weighted by atomic mass is 32.2. The van der Waals surface area contributed by atoms with Crippen LogP contribution in [0.3, 0.4) is 0 Å². The number of aryl methyl sites for hydroxylation is 3. The standard InChI is InChI=1S/C15H17N5OS/c1-8-7-20(13-9(2)18-19(4)10(13)3)14(21)11-6-16-15(22-5)17-12(8)11/h6-7H,1-5H3. The molecule has 6 nitrogen and oxygen atoms in total. The molecule has 0 bridgehead atoms. The normalized spacial score (nSPS) is 11.3. The summed E-state index contributed by atoms with van der Waals surface area (Å²) in [6, 6.07) is 0. The minimum absolute atomic E-state index is 0.118. The van der Waals surface area contributed by atoms with Crippen LogP contribution in [0.2, 0.25) is 0 Å². The predicted octanol–water partition coefficient (Wildman–Crippen LogP) is 2.16. The molecule has 0 unspecified atom stereocenters. The summed E-state index contributed by atoms with van der Waals surface area (Å²) in [5.74, 6) is 0. The number of hydrogen-bond acceptors (Lipinski definition) is 5. The molecule has 0 aliphatic heterocycles. The second-order valence-electron chi connectivity index (χ2n) is 5.25. The molecule has 0 atom stereocenters. The lowest BCUT2D eigenvalue weighted by molar-refractivity contribution is 0.730. The van der Waals surface area contributed by atoms with Crippen molar-refractivity contribution in [2.45, 2.75) is 25.9 Å². The average molecular weight is 315 g/mol. The highest BCUT2D eigenvalue weighted by Crippen LogP contribution is 2.20. The quantitative estimate of drug-likeness (QED) is 0.535. The van der Waals surface area contributed by atoms with E-state index in [2.05, 4.69) is 15.1 Å². The molecule has 3 heterocycles. The fourth-order valence-electron chi connectivity index (χ4n) is 2.64. The van der Waals surface area contributed by atoms with Crippen LogP contribution in [0, 0.1) is 20.8 Å². The first-order valence-electron chi connectivity index (χ1n) is 6.87. The van der Waals surface area contributed by atoms with Crippen LogP contribution in [-0.2, 0) is 7.05 Å². The molecule has 114 valence electrons. The Balaban J connectivity index is 2.38. The van der Waals surface area contributed by atoms with Crippen molar-refractivity contribution in [1.82, 2.24) is 24.3 Å². The van der Waals surface area contributed by atoms with Gasteiger partial charge >= 0.3 is 0 Å². The maximum absolute atomic E-state index is 12.8. The van der Waals surface area contributed by atoms with Crippen LogP contribution in [-0.4, -0.2) is 30.6 Å². The van der Waals surface area contributed by atoms with Gasteiger partial charge in [0.15, 0.2) is 5.16 Å². The van der Waals surface area contributed by atoms with Gasteiger partial charge in [-0.2, -0.15) is 5.10 Å². The highest BCUT2D eigenvalue weighted by Gasteiger charge is 2.16. The molecule has 0 radical (unpaired) electrons. The van der Waals surface area contributed by atoms with Gasteiger partial charge in [-0.3, -0.25) is 14.0 Å². The zero-order valence-corrected chi connectivity index (χ0v) is 14.0. The maximum atomic E-state index is 12.8. The molecule has 0 N–H and O–H groups in total. The minimum atomic E-state index is -0.118. The fraction of sp³-hybridized carbons (Fsp3) is 0.333. The van der Waals surface area contributed by atoms with Gasteiger partial charge in [-0.25, -0.2) is 9.97 Å². The third-order valence-electron chi connectivity index (χ3n) is 3.81. The number of fused-ring (bicyclic) bond motifs is 1. The highest BCUT2D eigenvalue weighted by molar-refractivity contribution is 7.98. The van der Waals surface area contributed by atoms with E-state index in [0.717, 1.165) is 22.6 Å². The molecule has 0 spiro atoms. The van der Waals surface area contributed by atoms with Gasteiger partial charge in [0.2, 0.25) is 0 Å². The maximum Gasteiger partial charge on any atom is 0.266 e. The third kappa shape index (κ3) is 2.12. The smallest absolute Gasteiger partial charge is 0.266 e. The SMILES string of the molecule is CSc1ncc2c(=O)n(-c3c(C)nn(C)c3C)cc(C)c2n1. The van der Waals surface area contributed by atoms with Crippen LogP contribution in [0.15, 0.2) is 22.3 Å². The first kappa shape index (κ1) is 14.8. The van der Waals surface area contributed by atoms with Crippen LogP contribution < -0.4 is 5.56 Å². The molecule has 0 amide bonds. The Morgan fingerprint density at radius 2 is 1.95 bits per heavy atom. The molecule has 3 aromatic heterocycles. The van der Waals surface area contributed by atoms with Crippen LogP contribution in [0.5, 0.6) is 0 Å². The topological polar surface area (TPSA) is 65.6 Å². The van der Waals surface area contributed by atoms with E-state index in [1.807, 2.05) is 40.3 Å². The lowest BCUT2D eigenvalue weighted by atomic mass is 10.2. The van der Waals surface area contributed by atoms with Crippen LogP contribution in [0.4, 0.5) is 0 Å². The number of hydrogen-bond donors (Lipinski definition) is 0. The second-order valence-corrected chi connectivity index (χ2v) is 6.02. The van der Waals surface area contributed by atoms with E-state index < -0.39 is 0 Å². The Kier molecular flexibility index (Phi) is 3.52. The summed E-state index contributed by atoms with van der Waals surface area (Å²) in [7, 11) is 1.87. The van der Waals surface area contributed by atoms with Crippen molar-refractivity contribution in [1.29, 1.82) is 0 Å². The summed E-state index contributed by atoms with van der Waals surface area (Å²) in [6.45, 7) is 5.81. The summed E-state index contributed by atoms with van der Waals surface area (Å²) in [4.78, 5) is 21.5. The molecule has 0 aliphatic rings. The average Bonchev–Trinajstić information content (AvgIpc) is 2.75. The summed E-state index contributed by atoms with van der Waals surface area (Å²) in [5, 5.41) is 5.58. The van der Waals surface area contributed by atoms with Crippen LogP contribution >= 0.6 is 11.8 Å². The fourth-order valence-corrected chi connectivity index (χ4v) is 2.98. The van der Waals surface area contributed by atoms with Crippen molar-refractivity contribution in [2.75, 3.05) is 6.26 Å². The molecule has 0 aliphatic carbocycles. The third-order valence-corrected chi connectivity index (χ3v) is 4.37. The zero-order chi connectivity index (χ0) is 16.0. The Hall–Kier alpha value is -2.15. The van der Waals surface area contributed by atoms with Gasteiger partial charge in [0.1, 0.15) is 0 Å². The Bertz CT molecular complexity index is 941. The van der Waals surface area contributed by atoms with E-state index in [0.29, 0.717) is 16.1 Å². The van der Waals surface area contributed by atoms with Crippen molar-refractivity contribution in [3.05, 3.63) is 39.7 Å². The first-order valence-corrected chi connectivity index (χ1v) is 8.10. The largest absolute Gasteiger partial charge is 0.280 e. The number of thioether (sulfide) groups is 1. The van der Waals surface area contributed by atoms with E-state index >= 15 is 0 Å². The molecule has 0 saturated carbocycles. The molecule has 0 aromatic carbocycles. The first-order chi connectivity index (χ1) is 10.4. The predicted molar refractivity (Wildman–Crippen MR) is 87.9 cm³/mol. The van der Waals surface area contributed by atoms with E-state index in [4.69, 9.17) is 0 Å².